The Labute approximate surface area is 136 Å². The number of aryl methyl sites for hydroxylation is 2. The molecule has 0 spiro atoms. The maximum absolute atomic E-state index is 12.1. The molecular formula is C13H18N4O5S. The molecule has 126 valence electrons. The van der Waals surface area contributed by atoms with Crippen molar-refractivity contribution in [3.8, 4) is 0 Å². The third kappa shape index (κ3) is 2.25. The van der Waals surface area contributed by atoms with E-state index in [2.05, 4.69) is 4.98 Å². The van der Waals surface area contributed by atoms with Crippen LogP contribution in [0.4, 0.5) is 0 Å². The summed E-state index contributed by atoms with van der Waals surface area (Å²) in [4.78, 5) is 16.5. The van der Waals surface area contributed by atoms with Crippen LogP contribution >= 0.6 is 12.2 Å². The molecule has 1 aliphatic heterocycles. The van der Waals surface area contributed by atoms with Gasteiger partial charge in [-0.15, -0.1) is 0 Å². The summed E-state index contributed by atoms with van der Waals surface area (Å²) in [6.07, 6.45) is -4.83. The van der Waals surface area contributed by atoms with Crippen molar-refractivity contribution in [1.29, 1.82) is 0 Å². The molecule has 4 atom stereocenters. The normalized spacial score (nSPS) is 28.4. The van der Waals surface area contributed by atoms with Gasteiger partial charge in [0, 0.05) is 14.1 Å². The highest BCUT2D eigenvalue weighted by Crippen LogP contribution is 2.29. The Morgan fingerprint density at radius 3 is 2.52 bits per heavy atom. The van der Waals surface area contributed by atoms with E-state index in [1.54, 1.807) is 25.6 Å². The Balaban J connectivity index is 2.29. The molecule has 3 rings (SSSR count). The van der Waals surface area contributed by atoms with E-state index in [0.29, 0.717) is 17.0 Å². The maximum Gasteiger partial charge on any atom is 0.330 e. The van der Waals surface area contributed by atoms with Gasteiger partial charge in [0.1, 0.15) is 34.3 Å². The van der Waals surface area contributed by atoms with Crippen LogP contribution in [0.1, 0.15) is 12.1 Å². The molecule has 10 heteroatoms. The standard InChI is InChI=1S/C13H18N4O5S/c1-5-14-10-7(12(23)16(3)13(21)15(10)2)17(5)11-9(20)8(19)6(18)4-22-11/h6,8-9,11,18-20H,4H2,1-3H3/t6-,8+,9-,11-/m1/s1. The molecule has 2 aromatic rings. The lowest BCUT2D eigenvalue weighted by Gasteiger charge is -2.36. The van der Waals surface area contributed by atoms with Gasteiger partial charge in [-0.25, -0.2) is 9.78 Å². The second-order valence-corrected chi connectivity index (χ2v) is 6.07. The van der Waals surface area contributed by atoms with Crippen LogP contribution in [0.2, 0.25) is 0 Å². The molecule has 0 saturated carbocycles. The van der Waals surface area contributed by atoms with Gasteiger partial charge in [-0.2, -0.15) is 0 Å². The first-order chi connectivity index (χ1) is 10.8. The van der Waals surface area contributed by atoms with E-state index in [9.17, 15) is 20.1 Å². The topological polar surface area (TPSA) is 115 Å². The van der Waals surface area contributed by atoms with Gasteiger partial charge in [-0.1, -0.05) is 12.2 Å². The van der Waals surface area contributed by atoms with E-state index in [-0.39, 0.29) is 16.9 Å². The number of hydrogen-bond acceptors (Lipinski definition) is 7. The fraction of sp³-hybridized carbons (Fsp3) is 0.615. The number of hydrogen-bond donors (Lipinski definition) is 3. The van der Waals surface area contributed by atoms with E-state index in [1.165, 1.54) is 9.13 Å². The largest absolute Gasteiger partial charge is 0.388 e. The van der Waals surface area contributed by atoms with Gasteiger partial charge >= 0.3 is 5.69 Å². The molecule has 2 aromatic heterocycles. The van der Waals surface area contributed by atoms with Crippen molar-refractivity contribution < 1.29 is 20.1 Å². The summed E-state index contributed by atoms with van der Waals surface area (Å²) in [6, 6.07) is 0. The van der Waals surface area contributed by atoms with Gasteiger partial charge in [0.15, 0.2) is 11.9 Å². The zero-order chi connectivity index (χ0) is 17.0. The highest BCUT2D eigenvalue weighted by molar-refractivity contribution is 7.71. The molecular weight excluding hydrogens is 324 g/mol. The number of imidazole rings is 1. The van der Waals surface area contributed by atoms with Crippen LogP contribution in [-0.2, 0) is 18.8 Å². The number of rotatable bonds is 1. The highest BCUT2D eigenvalue weighted by Gasteiger charge is 2.40. The molecule has 1 fully saturated rings. The number of aromatic nitrogens is 4. The molecule has 1 aliphatic rings. The van der Waals surface area contributed by atoms with Crippen LogP contribution in [0, 0.1) is 11.6 Å². The van der Waals surface area contributed by atoms with Crippen molar-refractivity contribution >= 4 is 23.4 Å². The third-order valence-electron chi connectivity index (χ3n) is 4.20. The minimum atomic E-state index is -1.35. The van der Waals surface area contributed by atoms with Crippen LogP contribution in [0.3, 0.4) is 0 Å². The van der Waals surface area contributed by atoms with Crippen molar-refractivity contribution in [3.63, 3.8) is 0 Å². The summed E-state index contributed by atoms with van der Waals surface area (Å²) in [5.41, 5.74) is 0.509. The molecule has 9 nitrogen and oxygen atoms in total. The molecule has 23 heavy (non-hydrogen) atoms. The predicted octanol–water partition coefficient (Wildman–Crippen LogP) is -1.28. The van der Waals surface area contributed by atoms with Crippen molar-refractivity contribution in [3.05, 3.63) is 20.9 Å². The van der Waals surface area contributed by atoms with Crippen LogP contribution in [0.15, 0.2) is 4.79 Å². The van der Waals surface area contributed by atoms with E-state index in [0.717, 1.165) is 0 Å². The summed E-state index contributed by atoms with van der Waals surface area (Å²) < 4.78 is 9.95. The van der Waals surface area contributed by atoms with Crippen LogP contribution in [-0.4, -0.2) is 58.9 Å². The van der Waals surface area contributed by atoms with Gasteiger partial charge in [-0.05, 0) is 6.92 Å². The number of aliphatic hydroxyl groups is 3. The Bertz CT molecular complexity index is 885. The minimum absolute atomic E-state index is 0.132. The number of fused-ring (bicyclic) bond motifs is 1. The molecule has 3 N–H and O–H groups in total. The van der Waals surface area contributed by atoms with Gasteiger partial charge in [0.05, 0.1) is 6.61 Å². The van der Waals surface area contributed by atoms with E-state index >= 15 is 0 Å². The van der Waals surface area contributed by atoms with Gasteiger partial charge < -0.3 is 20.1 Å². The molecule has 0 radical (unpaired) electrons. The summed E-state index contributed by atoms with van der Waals surface area (Å²) >= 11 is 5.34. The van der Waals surface area contributed by atoms with Gasteiger partial charge in [0.2, 0.25) is 0 Å². The summed E-state index contributed by atoms with van der Waals surface area (Å²) in [5.74, 6) is 0.472. The van der Waals surface area contributed by atoms with Crippen LogP contribution < -0.4 is 5.69 Å². The lowest BCUT2D eigenvalue weighted by Crippen LogP contribution is -2.50. The van der Waals surface area contributed by atoms with Crippen molar-refractivity contribution in [1.82, 2.24) is 18.7 Å². The lowest BCUT2D eigenvalue weighted by molar-refractivity contribution is -0.210. The molecule has 1 saturated heterocycles. The molecule has 0 aliphatic carbocycles. The molecule has 0 amide bonds. The first-order valence-electron chi connectivity index (χ1n) is 7.06. The maximum atomic E-state index is 12.1. The first-order valence-corrected chi connectivity index (χ1v) is 7.47. The summed E-state index contributed by atoms with van der Waals surface area (Å²) in [5, 5.41) is 29.8. The van der Waals surface area contributed by atoms with Crippen molar-refractivity contribution in [2.75, 3.05) is 6.61 Å². The number of ether oxygens (including phenoxy) is 1. The summed E-state index contributed by atoms with van der Waals surface area (Å²) in [6.45, 7) is 1.55. The molecule has 3 heterocycles. The summed E-state index contributed by atoms with van der Waals surface area (Å²) in [7, 11) is 3.13. The van der Waals surface area contributed by atoms with E-state index < -0.39 is 24.5 Å². The fourth-order valence-electron chi connectivity index (χ4n) is 2.85. The predicted molar refractivity (Wildman–Crippen MR) is 82.5 cm³/mol. The third-order valence-corrected chi connectivity index (χ3v) is 4.66. The number of aliphatic hydroxyl groups excluding tert-OH is 3. The number of nitrogens with zero attached hydrogens (tertiary/aromatic N) is 4. The zero-order valence-corrected chi connectivity index (χ0v) is 13.7. The minimum Gasteiger partial charge on any atom is -0.388 e. The molecule has 0 unspecified atom stereocenters. The quantitative estimate of drug-likeness (QED) is 0.553. The average Bonchev–Trinajstić information content (AvgIpc) is 2.86. The van der Waals surface area contributed by atoms with Crippen molar-refractivity contribution in [2.45, 2.75) is 31.5 Å². The Hall–Kier alpha value is -1.59. The lowest BCUT2D eigenvalue weighted by atomic mass is 10.0. The Morgan fingerprint density at radius 1 is 1.22 bits per heavy atom. The van der Waals surface area contributed by atoms with Gasteiger partial charge in [0.25, 0.3) is 0 Å². The fourth-order valence-corrected chi connectivity index (χ4v) is 3.12. The average molecular weight is 342 g/mol. The van der Waals surface area contributed by atoms with Crippen LogP contribution in [0.25, 0.3) is 11.2 Å². The Kier molecular flexibility index (Phi) is 3.89. The van der Waals surface area contributed by atoms with Crippen LogP contribution in [0.5, 0.6) is 0 Å². The Morgan fingerprint density at radius 2 is 1.87 bits per heavy atom. The monoisotopic (exact) mass is 342 g/mol. The second kappa shape index (κ2) is 5.49. The molecule has 0 aromatic carbocycles. The SMILES string of the molecule is Cc1nc2c(c(=S)n(C)c(=O)n2C)n1[C@@H]1OC[C@@H](O)[C@H](O)[C@H]1O. The smallest absolute Gasteiger partial charge is 0.330 e. The second-order valence-electron chi connectivity index (χ2n) is 5.68. The highest BCUT2D eigenvalue weighted by atomic mass is 32.1. The molecule has 0 bridgehead atoms. The van der Waals surface area contributed by atoms with Crippen molar-refractivity contribution in [2.24, 2.45) is 14.1 Å². The van der Waals surface area contributed by atoms with E-state index in [4.69, 9.17) is 17.0 Å². The van der Waals surface area contributed by atoms with Gasteiger partial charge in [-0.3, -0.25) is 13.7 Å². The van der Waals surface area contributed by atoms with E-state index in [1.807, 2.05) is 0 Å². The zero-order valence-electron chi connectivity index (χ0n) is 12.9. The first kappa shape index (κ1) is 16.3.